The van der Waals surface area contributed by atoms with Crippen LogP contribution in [-0.2, 0) is 0 Å². The van der Waals surface area contributed by atoms with E-state index >= 15 is 0 Å². The Kier molecular flexibility index (Phi) is 5.30. The third-order valence-corrected chi connectivity index (χ3v) is 4.32. The SMILES string of the molecule is CNc1ccc(Cl)cc1C(=O)N(C)CC1CCCCC1. The lowest BCUT2D eigenvalue weighted by molar-refractivity contribution is 0.0761. The number of nitrogens with one attached hydrogen (secondary N) is 1. The smallest absolute Gasteiger partial charge is 0.255 e. The van der Waals surface area contributed by atoms with Crippen LogP contribution in [0.2, 0.25) is 5.02 Å². The van der Waals surface area contributed by atoms with Gasteiger partial charge in [-0.25, -0.2) is 0 Å². The number of rotatable bonds is 4. The number of amides is 1. The van der Waals surface area contributed by atoms with E-state index in [0.29, 0.717) is 16.5 Å². The molecule has 1 aromatic carbocycles. The van der Waals surface area contributed by atoms with Gasteiger partial charge in [0.05, 0.1) is 5.56 Å². The highest BCUT2D eigenvalue weighted by molar-refractivity contribution is 6.31. The molecule has 1 saturated carbocycles. The average molecular weight is 295 g/mol. The minimum atomic E-state index is 0.0439. The third kappa shape index (κ3) is 3.66. The van der Waals surface area contributed by atoms with Gasteiger partial charge >= 0.3 is 0 Å². The molecule has 1 aliphatic carbocycles. The number of nitrogens with zero attached hydrogens (tertiary/aromatic N) is 1. The number of hydrogen-bond acceptors (Lipinski definition) is 2. The molecule has 0 aliphatic heterocycles. The summed E-state index contributed by atoms with van der Waals surface area (Å²) in [5, 5.41) is 3.65. The summed E-state index contributed by atoms with van der Waals surface area (Å²) >= 11 is 6.02. The van der Waals surface area contributed by atoms with Crippen molar-refractivity contribution in [3.8, 4) is 0 Å². The van der Waals surface area contributed by atoms with Gasteiger partial charge in [0.2, 0.25) is 0 Å². The van der Waals surface area contributed by atoms with Crippen molar-refractivity contribution in [2.75, 3.05) is 26.0 Å². The van der Waals surface area contributed by atoms with E-state index in [9.17, 15) is 4.79 Å². The van der Waals surface area contributed by atoms with Gasteiger partial charge < -0.3 is 10.2 Å². The summed E-state index contributed by atoms with van der Waals surface area (Å²) in [4.78, 5) is 14.4. The molecule has 0 unspecified atom stereocenters. The van der Waals surface area contributed by atoms with Crippen LogP contribution < -0.4 is 5.32 Å². The second kappa shape index (κ2) is 6.98. The van der Waals surface area contributed by atoms with Crippen LogP contribution >= 0.6 is 11.6 Å². The first kappa shape index (κ1) is 15.2. The molecular formula is C16H23ClN2O. The van der Waals surface area contributed by atoms with Crippen LogP contribution in [0.25, 0.3) is 0 Å². The van der Waals surface area contributed by atoms with E-state index in [1.54, 1.807) is 12.1 Å². The molecule has 3 nitrogen and oxygen atoms in total. The van der Waals surface area contributed by atoms with Gasteiger partial charge in [-0.15, -0.1) is 0 Å². The van der Waals surface area contributed by atoms with Gasteiger partial charge in [-0.1, -0.05) is 30.9 Å². The van der Waals surface area contributed by atoms with Gasteiger partial charge in [0.15, 0.2) is 0 Å². The zero-order chi connectivity index (χ0) is 14.5. The molecule has 1 aliphatic rings. The molecule has 4 heteroatoms. The Labute approximate surface area is 126 Å². The van der Waals surface area contributed by atoms with E-state index < -0.39 is 0 Å². The molecule has 0 atom stereocenters. The average Bonchev–Trinajstić information content (AvgIpc) is 2.47. The quantitative estimate of drug-likeness (QED) is 0.909. The lowest BCUT2D eigenvalue weighted by Crippen LogP contribution is -2.33. The maximum atomic E-state index is 12.6. The van der Waals surface area contributed by atoms with E-state index in [-0.39, 0.29) is 5.91 Å². The zero-order valence-corrected chi connectivity index (χ0v) is 13.0. The van der Waals surface area contributed by atoms with Crippen LogP contribution in [0.5, 0.6) is 0 Å². The first-order chi connectivity index (χ1) is 9.61. The van der Waals surface area contributed by atoms with Crippen LogP contribution in [0, 0.1) is 5.92 Å². The molecule has 0 aromatic heterocycles. The Morgan fingerprint density at radius 1 is 1.35 bits per heavy atom. The molecule has 1 aromatic rings. The number of hydrogen-bond donors (Lipinski definition) is 1. The van der Waals surface area contributed by atoms with E-state index in [0.717, 1.165) is 12.2 Å². The van der Waals surface area contributed by atoms with Crippen molar-refractivity contribution in [2.24, 2.45) is 5.92 Å². The number of benzene rings is 1. The predicted molar refractivity (Wildman–Crippen MR) is 84.5 cm³/mol. The maximum absolute atomic E-state index is 12.6. The van der Waals surface area contributed by atoms with Gasteiger partial charge in [0.25, 0.3) is 5.91 Å². The molecule has 0 spiro atoms. The van der Waals surface area contributed by atoms with Crippen LogP contribution in [-0.4, -0.2) is 31.4 Å². The first-order valence-corrected chi connectivity index (χ1v) is 7.72. The fourth-order valence-corrected chi connectivity index (χ4v) is 3.13. The minimum Gasteiger partial charge on any atom is -0.387 e. The fraction of sp³-hybridized carbons (Fsp3) is 0.562. The lowest BCUT2D eigenvalue weighted by Gasteiger charge is -2.27. The fourth-order valence-electron chi connectivity index (χ4n) is 2.96. The van der Waals surface area contributed by atoms with Gasteiger partial charge in [-0.2, -0.15) is 0 Å². The molecule has 0 bridgehead atoms. The third-order valence-electron chi connectivity index (χ3n) is 4.08. The Bertz CT molecular complexity index is 470. The van der Waals surface area contributed by atoms with E-state index in [1.165, 1.54) is 32.1 Å². The zero-order valence-electron chi connectivity index (χ0n) is 12.3. The molecule has 1 amide bonds. The molecule has 2 rings (SSSR count). The molecule has 20 heavy (non-hydrogen) atoms. The van der Waals surface area contributed by atoms with Crippen molar-refractivity contribution < 1.29 is 4.79 Å². The molecule has 1 fully saturated rings. The molecule has 0 radical (unpaired) electrons. The topological polar surface area (TPSA) is 32.3 Å². The summed E-state index contributed by atoms with van der Waals surface area (Å²) in [5.41, 5.74) is 1.48. The Morgan fingerprint density at radius 2 is 2.05 bits per heavy atom. The second-order valence-electron chi connectivity index (χ2n) is 5.63. The highest BCUT2D eigenvalue weighted by Gasteiger charge is 2.21. The Hall–Kier alpha value is -1.22. The number of carbonyl (C=O) groups is 1. The summed E-state index contributed by atoms with van der Waals surface area (Å²) in [6, 6.07) is 5.39. The van der Waals surface area contributed by atoms with Gasteiger partial charge in [-0.3, -0.25) is 4.79 Å². The van der Waals surface area contributed by atoms with E-state index in [4.69, 9.17) is 11.6 Å². The molecule has 110 valence electrons. The minimum absolute atomic E-state index is 0.0439. The highest BCUT2D eigenvalue weighted by Crippen LogP contribution is 2.26. The summed E-state index contributed by atoms with van der Waals surface area (Å²) in [5.74, 6) is 0.692. The highest BCUT2D eigenvalue weighted by atomic mass is 35.5. The van der Waals surface area contributed by atoms with Crippen molar-refractivity contribution in [1.29, 1.82) is 0 Å². The van der Waals surface area contributed by atoms with Crippen molar-refractivity contribution in [1.82, 2.24) is 4.90 Å². The predicted octanol–water partition coefficient (Wildman–Crippen LogP) is 4.03. The summed E-state index contributed by atoms with van der Waals surface area (Å²) < 4.78 is 0. The molecule has 1 N–H and O–H groups in total. The first-order valence-electron chi connectivity index (χ1n) is 7.34. The van der Waals surface area contributed by atoms with Gasteiger partial charge in [-0.05, 0) is 37.0 Å². The molecule has 0 saturated heterocycles. The normalized spacial score (nSPS) is 15.9. The van der Waals surface area contributed by atoms with Crippen molar-refractivity contribution >= 4 is 23.2 Å². The monoisotopic (exact) mass is 294 g/mol. The lowest BCUT2D eigenvalue weighted by atomic mass is 9.89. The standard InChI is InChI=1S/C16H23ClN2O/c1-18-15-9-8-13(17)10-14(15)16(20)19(2)11-12-6-4-3-5-7-12/h8-10,12,18H,3-7,11H2,1-2H3. The summed E-state index contributed by atoms with van der Waals surface area (Å²) in [6.45, 7) is 0.842. The van der Waals surface area contributed by atoms with Crippen molar-refractivity contribution in [3.63, 3.8) is 0 Å². The van der Waals surface area contributed by atoms with Crippen LogP contribution in [0.15, 0.2) is 18.2 Å². The largest absolute Gasteiger partial charge is 0.387 e. The molecule has 0 heterocycles. The second-order valence-corrected chi connectivity index (χ2v) is 6.07. The summed E-state index contributed by atoms with van der Waals surface area (Å²) in [7, 11) is 3.71. The van der Waals surface area contributed by atoms with Crippen molar-refractivity contribution in [3.05, 3.63) is 28.8 Å². The maximum Gasteiger partial charge on any atom is 0.255 e. The van der Waals surface area contributed by atoms with Gasteiger partial charge in [0, 0.05) is 31.4 Å². The Morgan fingerprint density at radius 3 is 2.70 bits per heavy atom. The van der Waals surface area contributed by atoms with Crippen LogP contribution in [0.4, 0.5) is 5.69 Å². The van der Waals surface area contributed by atoms with E-state index in [1.807, 2.05) is 25.1 Å². The summed E-state index contributed by atoms with van der Waals surface area (Å²) in [6.07, 6.45) is 6.42. The number of carbonyl (C=O) groups excluding carboxylic acids is 1. The number of anilines is 1. The molecular weight excluding hydrogens is 272 g/mol. The number of halogens is 1. The van der Waals surface area contributed by atoms with Crippen LogP contribution in [0.1, 0.15) is 42.5 Å². The van der Waals surface area contributed by atoms with Crippen molar-refractivity contribution in [2.45, 2.75) is 32.1 Å². The Balaban J connectivity index is 2.07. The van der Waals surface area contributed by atoms with E-state index in [2.05, 4.69) is 5.32 Å². The van der Waals surface area contributed by atoms with Gasteiger partial charge in [0.1, 0.15) is 0 Å². The van der Waals surface area contributed by atoms with Crippen LogP contribution in [0.3, 0.4) is 0 Å².